The van der Waals surface area contributed by atoms with E-state index < -0.39 is 0 Å². The van der Waals surface area contributed by atoms with Crippen molar-refractivity contribution in [2.24, 2.45) is 0 Å². The lowest BCUT2D eigenvalue weighted by molar-refractivity contribution is -0.0165. The summed E-state index contributed by atoms with van der Waals surface area (Å²) in [7, 11) is 0. The minimum atomic E-state index is 0.159. The standard InChI is InChI=1S/C14H21NO2/c1-10-4-11(2)6-13(5-10)17-9-14-7-15-12(3)8-16-14/h4-6,12,14-15H,7-9H2,1-3H3. The van der Waals surface area contributed by atoms with E-state index in [4.69, 9.17) is 9.47 Å². The van der Waals surface area contributed by atoms with Gasteiger partial charge in [-0.1, -0.05) is 6.07 Å². The molecular formula is C14H21NO2. The first-order valence-electron chi connectivity index (χ1n) is 6.19. The van der Waals surface area contributed by atoms with Crippen LogP contribution >= 0.6 is 0 Å². The van der Waals surface area contributed by atoms with Crippen LogP contribution in [0.2, 0.25) is 0 Å². The average molecular weight is 235 g/mol. The molecule has 0 radical (unpaired) electrons. The maximum absolute atomic E-state index is 5.78. The highest BCUT2D eigenvalue weighted by atomic mass is 16.5. The first-order chi connectivity index (χ1) is 8.13. The normalized spacial score (nSPS) is 24.6. The highest BCUT2D eigenvalue weighted by Gasteiger charge is 2.18. The Labute approximate surface area is 103 Å². The van der Waals surface area contributed by atoms with E-state index in [1.807, 2.05) is 0 Å². The first-order valence-corrected chi connectivity index (χ1v) is 6.19. The van der Waals surface area contributed by atoms with Crippen LogP contribution in [0, 0.1) is 13.8 Å². The van der Waals surface area contributed by atoms with Gasteiger partial charge in [0.05, 0.1) is 6.61 Å². The molecule has 0 amide bonds. The molecule has 1 heterocycles. The monoisotopic (exact) mass is 235 g/mol. The van der Waals surface area contributed by atoms with Gasteiger partial charge in [0, 0.05) is 12.6 Å². The summed E-state index contributed by atoms with van der Waals surface area (Å²) < 4.78 is 11.5. The van der Waals surface area contributed by atoms with Gasteiger partial charge in [0.15, 0.2) is 0 Å². The number of aryl methyl sites for hydroxylation is 2. The van der Waals surface area contributed by atoms with Crippen LogP contribution in [0.5, 0.6) is 5.75 Å². The molecular weight excluding hydrogens is 214 g/mol. The van der Waals surface area contributed by atoms with Gasteiger partial charge >= 0.3 is 0 Å². The SMILES string of the molecule is Cc1cc(C)cc(OCC2CNC(C)CO2)c1. The Morgan fingerprint density at radius 3 is 2.59 bits per heavy atom. The lowest BCUT2D eigenvalue weighted by Gasteiger charge is -2.28. The number of hydrogen-bond acceptors (Lipinski definition) is 3. The summed E-state index contributed by atoms with van der Waals surface area (Å²) in [6.45, 7) is 8.54. The van der Waals surface area contributed by atoms with Gasteiger partial charge in [0.2, 0.25) is 0 Å². The molecule has 1 N–H and O–H groups in total. The molecule has 1 aromatic carbocycles. The van der Waals surface area contributed by atoms with Crippen molar-refractivity contribution in [3.8, 4) is 5.75 Å². The second kappa shape index (κ2) is 5.52. The summed E-state index contributed by atoms with van der Waals surface area (Å²) in [5.41, 5.74) is 2.47. The quantitative estimate of drug-likeness (QED) is 0.870. The Hall–Kier alpha value is -1.06. The van der Waals surface area contributed by atoms with E-state index in [1.165, 1.54) is 11.1 Å². The van der Waals surface area contributed by atoms with Gasteiger partial charge in [-0.2, -0.15) is 0 Å². The zero-order valence-corrected chi connectivity index (χ0v) is 10.8. The van der Waals surface area contributed by atoms with Crippen LogP contribution in [-0.2, 0) is 4.74 Å². The van der Waals surface area contributed by atoms with E-state index in [-0.39, 0.29) is 6.10 Å². The summed E-state index contributed by atoms with van der Waals surface area (Å²) in [5, 5.41) is 3.39. The van der Waals surface area contributed by atoms with Crippen molar-refractivity contribution in [2.75, 3.05) is 19.8 Å². The molecule has 1 saturated heterocycles. The smallest absolute Gasteiger partial charge is 0.119 e. The number of morpholine rings is 1. The molecule has 1 fully saturated rings. The van der Waals surface area contributed by atoms with Crippen LogP contribution in [0.15, 0.2) is 18.2 Å². The van der Waals surface area contributed by atoms with Crippen LogP contribution in [-0.4, -0.2) is 31.9 Å². The molecule has 2 atom stereocenters. The lowest BCUT2D eigenvalue weighted by atomic mass is 10.1. The minimum absolute atomic E-state index is 0.159. The molecule has 3 heteroatoms. The van der Waals surface area contributed by atoms with Gasteiger partial charge < -0.3 is 14.8 Å². The third-order valence-electron chi connectivity index (χ3n) is 2.91. The summed E-state index contributed by atoms with van der Waals surface area (Å²) in [6.07, 6.45) is 0.159. The zero-order chi connectivity index (χ0) is 12.3. The fraction of sp³-hybridized carbons (Fsp3) is 0.571. The van der Waals surface area contributed by atoms with E-state index in [2.05, 4.69) is 44.3 Å². The Morgan fingerprint density at radius 1 is 1.29 bits per heavy atom. The predicted molar refractivity (Wildman–Crippen MR) is 68.6 cm³/mol. The lowest BCUT2D eigenvalue weighted by Crippen LogP contribution is -2.46. The van der Waals surface area contributed by atoms with Crippen molar-refractivity contribution in [3.63, 3.8) is 0 Å². The third-order valence-corrected chi connectivity index (χ3v) is 2.91. The van der Waals surface area contributed by atoms with E-state index >= 15 is 0 Å². The maximum Gasteiger partial charge on any atom is 0.119 e. The summed E-state index contributed by atoms with van der Waals surface area (Å²) in [5.74, 6) is 0.935. The largest absolute Gasteiger partial charge is 0.491 e. The number of rotatable bonds is 3. The van der Waals surface area contributed by atoms with Crippen LogP contribution in [0.4, 0.5) is 0 Å². The molecule has 94 valence electrons. The maximum atomic E-state index is 5.78. The molecule has 1 aliphatic heterocycles. The van der Waals surface area contributed by atoms with Crippen molar-refractivity contribution in [3.05, 3.63) is 29.3 Å². The van der Waals surface area contributed by atoms with Crippen LogP contribution in [0.25, 0.3) is 0 Å². The van der Waals surface area contributed by atoms with Gasteiger partial charge in [-0.05, 0) is 44.0 Å². The zero-order valence-electron chi connectivity index (χ0n) is 10.8. The first kappa shape index (κ1) is 12.4. The fourth-order valence-electron chi connectivity index (χ4n) is 2.04. The fourth-order valence-corrected chi connectivity index (χ4v) is 2.04. The number of ether oxygens (including phenoxy) is 2. The molecule has 0 bridgehead atoms. The van der Waals surface area contributed by atoms with Crippen molar-refractivity contribution in [1.29, 1.82) is 0 Å². The summed E-state index contributed by atoms with van der Waals surface area (Å²) in [4.78, 5) is 0. The topological polar surface area (TPSA) is 30.5 Å². The molecule has 0 aromatic heterocycles. The molecule has 17 heavy (non-hydrogen) atoms. The van der Waals surface area contributed by atoms with E-state index in [0.29, 0.717) is 12.6 Å². The van der Waals surface area contributed by atoms with Gasteiger partial charge in [-0.25, -0.2) is 0 Å². The second-order valence-corrected chi connectivity index (χ2v) is 4.90. The van der Waals surface area contributed by atoms with Crippen molar-refractivity contribution in [2.45, 2.75) is 32.9 Å². The highest BCUT2D eigenvalue weighted by Crippen LogP contribution is 2.16. The molecule has 2 rings (SSSR count). The Balaban J connectivity index is 1.85. The highest BCUT2D eigenvalue weighted by molar-refractivity contribution is 5.32. The second-order valence-electron chi connectivity index (χ2n) is 4.90. The Kier molecular flexibility index (Phi) is 4.02. The minimum Gasteiger partial charge on any atom is -0.491 e. The van der Waals surface area contributed by atoms with Gasteiger partial charge in [-0.15, -0.1) is 0 Å². The van der Waals surface area contributed by atoms with E-state index in [0.717, 1.165) is 18.9 Å². The van der Waals surface area contributed by atoms with Gasteiger partial charge in [-0.3, -0.25) is 0 Å². The molecule has 1 aliphatic rings. The van der Waals surface area contributed by atoms with Crippen molar-refractivity contribution >= 4 is 0 Å². The molecule has 0 saturated carbocycles. The molecule has 3 nitrogen and oxygen atoms in total. The van der Waals surface area contributed by atoms with Crippen LogP contribution in [0.3, 0.4) is 0 Å². The van der Waals surface area contributed by atoms with Gasteiger partial charge in [0.25, 0.3) is 0 Å². The van der Waals surface area contributed by atoms with Crippen molar-refractivity contribution in [1.82, 2.24) is 5.32 Å². The summed E-state index contributed by atoms with van der Waals surface area (Å²) >= 11 is 0. The van der Waals surface area contributed by atoms with Crippen molar-refractivity contribution < 1.29 is 9.47 Å². The Morgan fingerprint density at radius 2 is 2.00 bits per heavy atom. The average Bonchev–Trinajstić information content (AvgIpc) is 2.27. The van der Waals surface area contributed by atoms with E-state index in [9.17, 15) is 0 Å². The molecule has 2 unspecified atom stereocenters. The van der Waals surface area contributed by atoms with Gasteiger partial charge in [0.1, 0.15) is 18.5 Å². The predicted octanol–water partition coefficient (Wildman–Crippen LogP) is 2.06. The number of hydrogen-bond donors (Lipinski definition) is 1. The van der Waals surface area contributed by atoms with Crippen LogP contribution in [0.1, 0.15) is 18.1 Å². The third kappa shape index (κ3) is 3.72. The molecule has 0 aliphatic carbocycles. The number of nitrogens with one attached hydrogen (secondary N) is 1. The number of benzene rings is 1. The molecule has 0 spiro atoms. The molecule has 1 aromatic rings. The van der Waals surface area contributed by atoms with Crippen LogP contribution < -0.4 is 10.1 Å². The van der Waals surface area contributed by atoms with E-state index in [1.54, 1.807) is 0 Å². The Bertz CT molecular complexity index is 350. The summed E-state index contributed by atoms with van der Waals surface area (Å²) in [6, 6.07) is 6.72.